The number of hydrogen-bond acceptors (Lipinski definition) is 6. The molecule has 4 aromatic heterocycles. The molecule has 0 saturated heterocycles. The summed E-state index contributed by atoms with van der Waals surface area (Å²) in [6.07, 6.45) is 0. The summed E-state index contributed by atoms with van der Waals surface area (Å²) < 4.78 is 18.7. The number of benzene rings is 6. The SMILES string of the molecule is c1cc2c3c(ccc(-c4cc5sccc5s4)c3c1)-c1ccc(-c3ccc4c(c3)Oc3cccc5c(-c6cc7sccc7s6)ccc-4c35)cc1O2. The Kier molecular flexibility index (Phi) is 5.60. The Morgan fingerprint density at radius 1 is 0.360 bits per heavy atom. The van der Waals surface area contributed by atoms with Gasteiger partial charge in [0.05, 0.1) is 0 Å². The van der Waals surface area contributed by atoms with Gasteiger partial charge in [-0.2, -0.15) is 0 Å². The molecule has 50 heavy (non-hydrogen) atoms. The lowest BCUT2D eigenvalue weighted by atomic mass is 9.89. The zero-order valence-corrected chi connectivity index (χ0v) is 29.4. The Bertz CT molecular complexity index is 2800. The van der Waals surface area contributed by atoms with Gasteiger partial charge in [-0.1, -0.05) is 60.7 Å². The van der Waals surface area contributed by atoms with Crippen molar-refractivity contribution < 1.29 is 9.47 Å². The molecule has 0 saturated carbocycles. The fraction of sp³-hybridized carbons (Fsp3) is 0. The molecule has 6 heteroatoms. The molecule has 12 rings (SSSR count). The van der Waals surface area contributed by atoms with E-state index in [1.165, 1.54) is 72.4 Å². The molecule has 0 fully saturated rings. The van der Waals surface area contributed by atoms with Crippen LogP contribution < -0.4 is 9.47 Å². The van der Waals surface area contributed by atoms with E-state index in [1.54, 1.807) is 22.7 Å². The van der Waals surface area contributed by atoms with Crippen molar-refractivity contribution in [1.82, 2.24) is 0 Å². The molecule has 2 aliphatic rings. The van der Waals surface area contributed by atoms with Gasteiger partial charge >= 0.3 is 0 Å². The average molecular weight is 711 g/mol. The summed E-state index contributed by atoms with van der Waals surface area (Å²) in [6.45, 7) is 0. The second-order valence-corrected chi connectivity index (χ2v) is 16.9. The predicted octanol–water partition coefficient (Wildman–Crippen LogP) is 15.1. The molecule has 0 N–H and O–H groups in total. The van der Waals surface area contributed by atoms with E-state index in [0.29, 0.717) is 0 Å². The van der Waals surface area contributed by atoms with Crippen molar-refractivity contribution in [2.24, 2.45) is 0 Å². The summed E-state index contributed by atoms with van der Waals surface area (Å²) in [5, 5.41) is 9.15. The minimum atomic E-state index is 0.876. The van der Waals surface area contributed by atoms with Crippen LogP contribution >= 0.6 is 45.3 Å². The second-order valence-electron chi connectivity index (χ2n) is 12.8. The van der Waals surface area contributed by atoms with Crippen molar-refractivity contribution in [3.8, 4) is 77.3 Å². The van der Waals surface area contributed by atoms with E-state index in [4.69, 9.17) is 9.47 Å². The Morgan fingerprint density at radius 2 is 0.820 bits per heavy atom. The third kappa shape index (κ3) is 3.87. The van der Waals surface area contributed by atoms with Crippen LogP contribution in [0.2, 0.25) is 0 Å². The molecule has 0 bridgehead atoms. The first-order chi connectivity index (χ1) is 24.7. The van der Waals surface area contributed by atoms with Gasteiger partial charge in [0.15, 0.2) is 0 Å². The monoisotopic (exact) mass is 710 g/mol. The van der Waals surface area contributed by atoms with Crippen LogP contribution in [-0.2, 0) is 0 Å². The van der Waals surface area contributed by atoms with Gasteiger partial charge in [0.25, 0.3) is 0 Å². The number of hydrogen-bond donors (Lipinski definition) is 0. The molecular formula is C44H22O2S4. The van der Waals surface area contributed by atoms with Gasteiger partial charge in [0, 0.05) is 50.5 Å². The normalized spacial score (nSPS) is 12.7. The highest BCUT2D eigenvalue weighted by atomic mass is 32.1. The Balaban J connectivity index is 0.933. The topological polar surface area (TPSA) is 18.5 Å². The molecule has 0 amide bonds. The fourth-order valence-electron chi connectivity index (χ4n) is 7.85. The van der Waals surface area contributed by atoms with E-state index in [0.717, 1.165) is 45.3 Å². The minimum Gasteiger partial charge on any atom is -0.456 e. The summed E-state index contributed by atoms with van der Waals surface area (Å²) in [6, 6.07) is 44.2. The third-order valence-electron chi connectivity index (χ3n) is 10.1. The Labute approximate surface area is 302 Å². The predicted molar refractivity (Wildman–Crippen MR) is 215 cm³/mol. The highest BCUT2D eigenvalue weighted by molar-refractivity contribution is 7.29. The van der Waals surface area contributed by atoms with Crippen LogP contribution in [-0.4, -0.2) is 0 Å². The lowest BCUT2D eigenvalue weighted by Gasteiger charge is -2.24. The fourth-order valence-corrected chi connectivity index (χ4v) is 12.1. The average Bonchev–Trinajstić information content (AvgIpc) is 3.95. The van der Waals surface area contributed by atoms with E-state index in [2.05, 4.69) is 132 Å². The molecule has 0 aliphatic carbocycles. The molecule has 6 aromatic carbocycles. The van der Waals surface area contributed by atoms with Crippen LogP contribution in [0.1, 0.15) is 0 Å². The van der Waals surface area contributed by atoms with Gasteiger partial charge < -0.3 is 9.47 Å². The Morgan fingerprint density at radius 3 is 1.30 bits per heavy atom. The standard InChI is InChI=1S/C44H22O2S4/c1-3-29-27(39-21-41-37(49-39)15-17-47-41)11-13-31-25-9-7-23(19-35(25)45-33(5-1)43(29)31)24-8-10-26-32-14-12-28(40-22-42-38(50-40)16-18-48-42)30-4-2-6-34(44(30)32)46-36(26)20-24/h1-22H. The third-order valence-corrected chi connectivity index (χ3v) is 14.4. The molecule has 234 valence electrons. The van der Waals surface area contributed by atoms with E-state index < -0.39 is 0 Å². The molecule has 0 radical (unpaired) electrons. The highest BCUT2D eigenvalue weighted by Gasteiger charge is 2.25. The largest absolute Gasteiger partial charge is 0.456 e. The lowest BCUT2D eigenvalue weighted by molar-refractivity contribution is 0.486. The smallest absolute Gasteiger partial charge is 0.135 e. The molecule has 6 heterocycles. The van der Waals surface area contributed by atoms with Gasteiger partial charge in [-0.15, -0.1) is 45.3 Å². The van der Waals surface area contributed by atoms with Crippen molar-refractivity contribution in [1.29, 1.82) is 0 Å². The van der Waals surface area contributed by atoms with Crippen molar-refractivity contribution in [3.63, 3.8) is 0 Å². The van der Waals surface area contributed by atoms with Gasteiger partial charge in [-0.3, -0.25) is 0 Å². The molecule has 2 aliphatic heterocycles. The molecule has 10 aromatic rings. The van der Waals surface area contributed by atoms with Crippen molar-refractivity contribution in [3.05, 3.63) is 132 Å². The molecule has 0 unspecified atom stereocenters. The zero-order valence-electron chi connectivity index (χ0n) is 26.2. The van der Waals surface area contributed by atoms with Gasteiger partial charge in [0.1, 0.15) is 23.0 Å². The molecule has 0 atom stereocenters. The maximum absolute atomic E-state index is 6.68. The van der Waals surface area contributed by atoms with Crippen LogP contribution in [0.3, 0.4) is 0 Å². The van der Waals surface area contributed by atoms with E-state index >= 15 is 0 Å². The molecule has 2 nitrogen and oxygen atoms in total. The zero-order chi connectivity index (χ0) is 32.5. The minimum absolute atomic E-state index is 0.876. The summed E-state index contributed by atoms with van der Waals surface area (Å²) in [5.74, 6) is 3.56. The quantitative estimate of drug-likeness (QED) is 0.182. The van der Waals surface area contributed by atoms with Gasteiger partial charge in [-0.05, 0) is 116 Å². The van der Waals surface area contributed by atoms with Crippen molar-refractivity contribution >= 4 is 85.7 Å². The Hall–Kier alpha value is -5.24. The summed E-state index contributed by atoms with van der Waals surface area (Å²) in [7, 11) is 0. The number of ether oxygens (including phenoxy) is 2. The van der Waals surface area contributed by atoms with Crippen molar-refractivity contribution in [2.45, 2.75) is 0 Å². The van der Waals surface area contributed by atoms with E-state index in [-0.39, 0.29) is 0 Å². The number of rotatable bonds is 3. The van der Waals surface area contributed by atoms with Crippen LogP contribution in [0.5, 0.6) is 23.0 Å². The molecule has 0 spiro atoms. The number of thiophene rings is 4. The summed E-state index contributed by atoms with van der Waals surface area (Å²) in [5.41, 5.74) is 9.38. The maximum Gasteiger partial charge on any atom is 0.135 e. The summed E-state index contributed by atoms with van der Waals surface area (Å²) >= 11 is 7.32. The maximum atomic E-state index is 6.68. The highest BCUT2D eigenvalue weighted by Crippen LogP contribution is 2.53. The summed E-state index contributed by atoms with van der Waals surface area (Å²) in [4.78, 5) is 2.60. The van der Waals surface area contributed by atoms with Crippen LogP contribution in [0.4, 0.5) is 0 Å². The van der Waals surface area contributed by atoms with E-state index in [9.17, 15) is 0 Å². The van der Waals surface area contributed by atoms with Gasteiger partial charge in [-0.25, -0.2) is 0 Å². The first kappa shape index (κ1) is 27.6. The lowest BCUT2D eigenvalue weighted by Crippen LogP contribution is -1.99. The first-order valence-corrected chi connectivity index (χ1v) is 19.8. The number of fused-ring (bicyclic) bond motifs is 6. The first-order valence-electron chi connectivity index (χ1n) is 16.4. The van der Waals surface area contributed by atoms with E-state index in [1.807, 2.05) is 22.7 Å². The van der Waals surface area contributed by atoms with Crippen LogP contribution in [0, 0.1) is 0 Å². The van der Waals surface area contributed by atoms with Crippen LogP contribution in [0.25, 0.3) is 94.6 Å². The van der Waals surface area contributed by atoms with Crippen LogP contribution in [0.15, 0.2) is 132 Å². The molecular weight excluding hydrogens is 689 g/mol. The second kappa shape index (κ2) is 10.2. The van der Waals surface area contributed by atoms with Gasteiger partial charge in [0.2, 0.25) is 0 Å². The van der Waals surface area contributed by atoms with Crippen molar-refractivity contribution in [2.75, 3.05) is 0 Å².